The van der Waals surface area contributed by atoms with E-state index < -0.39 is 0 Å². The van der Waals surface area contributed by atoms with E-state index >= 15 is 0 Å². The molecule has 2 rings (SSSR count). The van der Waals surface area contributed by atoms with Crippen LogP contribution >= 0.6 is 11.3 Å². The summed E-state index contributed by atoms with van der Waals surface area (Å²) in [4.78, 5) is 14.2. The van der Waals surface area contributed by atoms with Crippen LogP contribution in [0.1, 0.15) is 27.0 Å². The van der Waals surface area contributed by atoms with Gasteiger partial charge < -0.3 is 4.42 Å². The molecule has 0 N–H and O–H groups in total. The molecule has 2 aromatic rings. The lowest BCUT2D eigenvalue weighted by Crippen LogP contribution is -1.99. The Labute approximate surface area is 92.5 Å². The SMILES string of the molecule is CCc1ccc(CC(=O)c2ccoc2)s1. The highest BCUT2D eigenvalue weighted by atomic mass is 32.1. The first-order valence-corrected chi connectivity index (χ1v) is 5.74. The minimum absolute atomic E-state index is 0.119. The van der Waals surface area contributed by atoms with E-state index in [2.05, 4.69) is 13.0 Å². The molecule has 0 aliphatic rings. The number of aryl methyl sites for hydroxylation is 1. The van der Waals surface area contributed by atoms with Gasteiger partial charge in [0.1, 0.15) is 6.26 Å². The molecule has 2 aromatic heterocycles. The van der Waals surface area contributed by atoms with Gasteiger partial charge in [0, 0.05) is 16.2 Å². The second-order valence-electron chi connectivity index (χ2n) is 3.33. The zero-order valence-electron chi connectivity index (χ0n) is 8.53. The van der Waals surface area contributed by atoms with Crippen LogP contribution in [-0.4, -0.2) is 5.78 Å². The summed E-state index contributed by atoms with van der Waals surface area (Å²) < 4.78 is 4.88. The van der Waals surface area contributed by atoms with Crippen LogP contribution in [0.4, 0.5) is 0 Å². The number of ketones is 1. The molecular formula is C12H12O2S. The first-order chi connectivity index (χ1) is 7.29. The lowest BCUT2D eigenvalue weighted by molar-refractivity contribution is 0.0993. The van der Waals surface area contributed by atoms with Crippen LogP contribution in [0.2, 0.25) is 0 Å². The minimum atomic E-state index is 0.119. The van der Waals surface area contributed by atoms with Crippen LogP contribution in [0.15, 0.2) is 35.1 Å². The maximum Gasteiger partial charge on any atom is 0.171 e. The summed E-state index contributed by atoms with van der Waals surface area (Å²) in [5.74, 6) is 0.119. The van der Waals surface area contributed by atoms with Crippen LogP contribution < -0.4 is 0 Å². The average Bonchev–Trinajstić information content (AvgIpc) is 2.87. The second-order valence-corrected chi connectivity index (χ2v) is 4.59. The van der Waals surface area contributed by atoms with E-state index in [0.717, 1.165) is 11.3 Å². The highest BCUT2D eigenvalue weighted by molar-refractivity contribution is 7.12. The molecule has 0 unspecified atom stereocenters. The molecule has 0 atom stereocenters. The van der Waals surface area contributed by atoms with E-state index in [1.54, 1.807) is 17.4 Å². The zero-order valence-corrected chi connectivity index (χ0v) is 9.34. The van der Waals surface area contributed by atoms with Gasteiger partial charge in [0.25, 0.3) is 0 Å². The third-order valence-electron chi connectivity index (χ3n) is 2.24. The number of rotatable bonds is 4. The van der Waals surface area contributed by atoms with E-state index in [1.807, 2.05) is 6.07 Å². The smallest absolute Gasteiger partial charge is 0.171 e. The summed E-state index contributed by atoms with van der Waals surface area (Å²) in [5.41, 5.74) is 0.654. The third kappa shape index (κ3) is 2.36. The van der Waals surface area contributed by atoms with E-state index in [9.17, 15) is 4.79 Å². The van der Waals surface area contributed by atoms with Gasteiger partial charge in [0.15, 0.2) is 5.78 Å². The van der Waals surface area contributed by atoms with Crippen LogP contribution in [0, 0.1) is 0 Å². The van der Waals surface area contributed by atoms with Gasteiger partial charge >= 0.3 is 0 Å². The number of furan rings is 1. The average molecular weight is 220 g/mol. The highest BCUT2D eigenvalue weighted by Crippen LogP contribution is 2.19. The van der Waals surface area contributed by atoms with Gasteiger partial charge in [-0.05, 0) is 24.6 Å². The summed E-state index contributed by atoms with van der Waals surface area (Å²) in [6.07, 6.45) is 4.53. The Morgan fingerprint density at radius 3 is 2.73 bits per heavy atom. The van der Waals surface area contributed by atoms with Crippen LogP contribution in [-0.2, 0) is 12.8 Å². The van der Waals surface area contributed by atoms with E-state index in [1.165, 1.54) is 17.4 Å². The molecule has 0 aromatic carbocycles. The standard InChI is InChI=1S/C12H12O2S/c1-2-10-3-4-11(15-10)7-12(13)9-5-6-14-8-9/h3-6,8H,2,7H2,1H3. The summed E-state index contributed by atoms with van der Waals surface area (Å²) in [5, 5.41) is 0. The van der Waals surface area contributed by atoms with Crippen LogP contribution in [0.25, 0.3) is 0 Å². The molecule has 0 saturated heterocycles. The fraction of sp³-hybridized carbons (Fsp3) is 0.250. The summed E-state index contributed by atoms with van der Waals surface area (Å²) >= 11 is 1.71. The fourth-order valence-electron chi connectivity index (χ4n) is 1.39. The third-order valence-corrected chi connectivity index (χ3v) is 3.47. The molecule has 2 heterocycles. The molecule has 0 fully saturated rings. The Morgan fingerprint density at radius 2 is 2.13 bits per heavy atom. The van der Waals surface area contributed by atoms with Crippen molar-refractivity contribution in [2.24, 2.45) is 0 Å². The van der Waals surface area contributed by atoms with Crippen LogP contribution in [0.3, 0.4) is 0 Å². The molecule has 0 aliphatic heterocycles. The van der Waals surface area contributed by atoms with E-state index in [0.29, 0.717) is 12.0 Å². The maximum atomic E-state index is 11.7. The highest BCUT2D eigenvalue weighted by Gasteiger charge is 2.09. The molecule has 0 amide bonds. The van der Waals surface area contributed by atoms with E-state index in [4.69, 9.17) is 4.42 Å². The first-order valence-electron chi connectivity index (χ1n) is 4.92. The van der Waals surface area contributed by atoms with Crippen molar-refractivity contribution in [3.8, 4) is 0 Å². The van der Waals surface area contributed by atoms with Crippen molar-refractivity contribution in [2.45, 2.75) is 19.8 Å². The molecular weight excluding hydrogens is 208 g/mol. The maximum absolute atomic E-state index is 11.7. The Bertz CT molecular complexity index is 440. The largest absolute Gasteiger partial charge is 0.472 e. The van der Waals surface area contributed by atoms with Gasteiger partial charge in [0.05, 0.1) is 11.8 Å². The predicted molar refractivity (Wildman–Crippen MR) is 60.4 cm³/mol. The van der Waals surface area contributed by atoms with Crippen LogP contribution in [0.5, 0.6) is 0 Å². The lowest BCUT2D eigenvalue weighted by Gasteiger charge is -1.93. The lowest BCUT2D eigenvalue weighted by atomic mass is 10.1. The van der Waals surface area contributed by atoms with Crippen molar-refractivity contribution in [1.82, 2.24) is 0 Å². The Hall–Kier alpha value is -1.35. The van der Waals surface area contributed by atoms with Crippen molar-refractivity contribution in [2.75, 3.05) is 0 Å². The van der Waals surface area contributed by atoms with Crippen molar-refractivity contribution in [1.29, 1.82) is 0 Å². The second kappa shape index (κ2) is 4.45. The van der Waals surface area contributed by atoms with Gasteiger partial charge in [-0.3, -0.25) is 4.79 Å². The minimum Gasteiger partial charge on any atom is -0.472 e. The van der Waals surface area contributed by atoms with Gasteiger partial charge in [-0.15, -0.1) is 11.3 Å². The number of Topliss-reactive ketones (excluding diaryl/α,β-unsaturated/α-hetero) is 1. The van der Waals surface area contributed by atoms with Gasteiger partial charge in [-0.2, -0.15) is 0 Å². The quantitative estimate of drug-likeness (QED) is 0.740. The number of hydrogen-bond acceptors (Lipinski definition) is 3. The van der Waals surface area contributed by atoms with Crippen molar-refractivity contribution in [3.63, 3.8) is 0 Å². The van der Waals surface area contributed by atoms with Crippen molar-refractivity contribution < 1.29 is 9.21 Å². The Balaban J connectivity index is 2.06. The summed E-state index contributed by atoms with van der Waals surface area (Å²) in [7, 11) is 0. The fourth-order valence-corrected chi connectivity index (χ4v) is 2.35. The van der Waals surface area contributed by atoms with Gasteiger partial charge in [-0.1, -0.05) is 6.92 Å². The predicted octanol–water partition coefficient (Wildman–Crippen LogP) is 3.33. The monoisotopic (exact) mass is 220 g/mol. The van der Waals surface area contributed by atoms with Gasteiger partial charge in [0.2, 0.25) is 0 Å². The van der Waals surface area contributed by atoms with Gasteiger partial charge in [-0.25, -0.2) is 0 Å². The zero-order chi connectivity index (χ0) is 10.7. The molecule has 3 heteroatoms. The Morgan fingerprint density at radius 1 is 1.33 bits per heavy atom. The normalized spacial score (nSPS) is 10.5. The molecule has 2 nitrogen and oxygen atoms in total. The van der Waals surface area contributed by atoms with Crippen molar-refractivity contribution >= 4 is 17.1 Å². The number of thiophene rings is 1. The number of carbonyl (C=O) groups is 1. The number of hydrogen-bond donors (Lipinski definition) is 0. The number of carbonyl (C=O) groups excluding carboxylic acids is 1. The topological polar surface area (TPSA) is 30.2 Å². The molecule has 0 aliphatic carbocycles. The molecule has 0 bridgehead atoms. The summed E-state index contributed by atoms with van der Waals surface area (Å²) in [6, 6.07) is 5.82. The van der Waals surface area contributed by atoms with Crippen molar-refractivity contribution in [3.05, 3.63) is 46.0 Å². The molecule has 0 radical (unpaired) electrons. The summed E-state index contributed by atoms with van der Waals surface area (Å²) in [6.45, 7) is 2.12. The molecule has 0 saturated carbocycles. The van der Waals surface area contributed by atoms with E-state index in [-0.39, 0.29) is 5.78 Å². The molecule has 0 spiro atoms. The molecule has 15 heavy (non-hydrogen) atoms. The Kier molecular flexibility index (Phi) is 3.02. The first kappa shape index (κ1) is 10.2. The molecule has 78 valence electrons.